The molecule has 0 atom stereocenters. The normalized spacial score (nSPS) is 12.0. The van der Waals surface area contributed by atoms with Gasteiger partial charge in [0.15, 0.2) is 6.29 Å². The number of aromatic nitrogens is 1. The molecule has 1 aromatic heterocycles. The van der Waals surface area contributed by atoms with Crippen molar-refractivity contribution in [2.75, 3.05) is 0 Å². The lowest BCUT2D eigenvalue weighted by molar-refractivity contribution is 0.112. The number of rotatable bonds is 2. The molecule has 130 valence electrons. The standard InChI is InChI=1S/C23H21NO2/c1-23(2,3)16-12-15(14-25)22(26)21(13-16)24-19-10-6-4-8-17(19)18-9-5-7-11-20(18)24/h4-14,26H,1-3H3. The minimum absolute atomic E-state index is 0.0134. The average molecular weight is 343 g/mol. The van der Waals surface area contributed by atoms with Crippen molar-refractivity contribution in [1.29, 1.82) is 0 Å². The zero-order chi connectivity index (χ0) is 18.5. The van der Waals surface area contributed by atoms with Crippen LogP contribution in [0.2, 0.25) is 0 Å². The van der Waals surface area contributed by atoms with Crippen molar-refractivity contribution in [2.24, 2.45) is 0 Å². The van der Waals surface area contributed by atoms with Crippen LogP contribution in [0.1, 0.15) is 36.7 Å². The van der Waals surface area contributed by atoms with Gasteiger partial charge in [0.2, 0.25) is 0 Å². The molecular formula is C23H21NO2. The quantitative estimate of drug-likeness (QED) is 0.481. The van der Waals surface area contributed by atoms with Crippen molar-refractivity contribution < 1.29 is 9.90 Å². The summed E-state index contributed by atoms with van der Waals surface area (Å²) in [7, 11) is 0. The Morgan fingerprint density at radius 3 is 1.92 bits per heavy atom. The van der Waals surface area contributed by atoms with Crippen LogP contribution < -0.4 is 0 Å². The van der Waals surface area contributed by atoms with Gasteiger partial charge in [0, 0.05) is 10.8 Å². The maximum Gasteiger partial charge on any atom is 0.153 e. The largest absolute Gasteiger partial charge is 0.505 e. The van der Waals surface area contributed by atoms with Crippen LogP contribution in [0.3, 0.4) is 0 Å². The smallest absolute Gasteiger partial charge is 0.153 e. The highest BCUT2D eigenvalue weighted by Gasteiger charge is 2.21. The van der Waals surface area contributed by atoms with Gasteiger partial charge in [0.25, 0.3) is 0 Å². The lowest BCUT2D eigenvalue weighted by Gasteiger charge is -2.22. The number of carbonyl (C=O) groups is 1. The predicted octanol–water partition coefficient (Wildman–Crippen LogP) is 5.60. The first-order valence-corrected chi connectivity index (χ1v) is 8.73. The van der Waals surface area contributed by atoms with Gasteiger partial charge < -0.3 is 9.67 Å². The second-order valence-corrected chi connectivity index (χ2v) is 7.67. The summed E-state index contributed by atoms with van der Waals surface area (Å²) in [6, 6.07) is 20.0. The number of carbonyl (C=O) groups excluding carboxylic acids is 1. The molecule has 0 amide bonds. The Kier molecular flexibility index (Phi) is 3.62. The number of phenolic OH excluding ortho intramolecular Hbond substituents is 1. The zero-order valence-electron chi connectivity index (χ0n) is 15.2. The summed E-state index contributed by atoms with van der Waals surface area (Å²) in [5, 5.41) is 13.1. The molecule has 3 nitrogen and oxygen atoms in total. The van der Waals surface area contributed by atoms with E-state index in [0.717, 1.165) is 33.7 Å². The van der Waals surface area contributed by atoms with Gasteiger partial charge in [-0.05, 0) is 35.2 Å². The van der Waals surface area contributed by atoms with Gasteiger partial charge >= 0.3 is 0 Å². The van der Waals surface area contributed by atoms with Crippen molar-refractivity contribution in [3.05, 3.63) is 71.8 Å². The van der Waals surface area contributed by atoms with E-state index in [2.05, 4.69) is 32.9 Å². The molecule has 0 unspecified atom stereocenters. The van der Waals surface area contributed by atoms with E-state index in [1.165, 1.54) is 0 Å². The summed E-state index contributed by atoms with van der Waals surface area (Å²) in [6.07, 6.45) is 0.724. The Bertz CT molecular complexity index is 1090. The van der Waals surface area contributed by atoms with Crippen LogP contribution in [-0.4, -0.2) is 16.0 Å². The number of aldehydes is 1. The maximum absolute atomic E-state index is 11.6. The first kappa shape index (κ1) is 16.4. The number of para-hydroxylation sites is 2. The Labute approximate surface area is 152 Å². The van der Waals surface area contributed by atoms with Crippen LogP contribution in [0, 0.1) is 0 Å². The van der Waals surface area contributed by atoms with Gasteiger partial charge in [-0.2, -0.15) is 0 Å². The van der Waals surface area contributed by atoms with Gasteiger partial charge in [-0.15, -0.1) is 0 Å². The van der Waals surface area contributed by atoms with Crippen molar-refractivity contribution in [3.63, 3.8) is 0 Å². The Hall–Kier alpha value is -3.07. The monoisotopic (exact) mass is 343 g/mol. The molecule has 0 bridgehead atoms. The van der Waals surface area contributed by atoms with E-state index in [-0.39, 0.29) is 11.2 Å². The van der Waals surface area contributed by atoms with E-state index in [0.29, 0.717) is 11.3 Å². The number of nitrogens with zero attached hydrogens (tertiary/aromatic N) is 1. The van der Waals surface area contributed by atoms with Crippen LogP contribution >= 0.6 is 0 Å². The van der Waals surface area contributed by atoms with Gasteiger partial charge in [-0.25, -0.2) is 0 Å². The number of aromatic hydroxyl groups is 1. The Morgan fingerprint density at radius 1 is 0.885 bits per heavy atom. The van der Waals surface area contributed by atoms with E-state index in [9.17, 15) is 9.90 Å². The lowest BCUT2D eigenvalue weighted by Crippen LogP contribution is -2.13. The van der Waals surface area contributed by atoms with Gasteiger partial charge in [-0.3, -0.25) is 4.79 Å². The molecule has 0 saturated carbocycles. The van der Waals surface area contributed by atoms with Crippen molar-refractivity contribution >= 4 is 28.1 Å². The zero-order valence-corrected chi connectivity index (χ0v) is 15.2. The average Bonchev–Trinajstić information content (AvgIpc) is 2.95. The predicted molar refractivity (Wildman–Crippen MR) is 107 cm³/mol. The van der Waals surface area contributed by atoms with Gasteiger partial charge in [0.05, 0.1) is 22.3 Å². The second kappa shape index (κ2) is 5.73. The van der Waals surface area contributed by atoms with Crippen LogP contribution in [0.4, 0.5) is 0 Å². The number of hydrogen-bond acceptors (Lipinski definition) is 2. The second-order valence-electron chi connectivity index (χ2n) is 7.67. The molecule has 0 aliphatic heterocycles. The van der Waals surface area contributed by atoms with E-state index < -0.39 is 0 Å². The molecule has 0 spiro atoms. The molecule has 1 heterocycles. The molecule has 3 aromatic carbocycles. The summed E-state index contributed by atoms with van der Waals surface area (Å²) in [5.41, 5.74) is 3.83. The van der Waals surface area contributed by atoms with Crippen LogP contribution in [0.15, 0.2) is 60.7 Å². The molecule has 26 heavy (non-hydrogen) atoms. The first-order chi connectivity index (χ1) is 12.4. The lowest BCUT2D eigenvalue weighted by atomic mass is 9.85. The van der Waals surface area contributed by atoms with E-state index in [4.69, 9.17) is 0 Å². The third-order valence-electron chi connectivity index (χ3n) is 4.93. The molecule has 4 aromatic rings. The highest BCUT2D eigenvalue weighted by molar-refractivity contribution is 6.09. The van der Waals surface area contributed by atoms with E-state index >= 15 is 0 Å². The van der Waals surface area contributed by atoms with Gasteiger partial charge in [-0.1, -0.05) is 57.2 Å². The molecule has 0 radical (unpaired) electrons. The van der Waals surface area contributed by atoms with Crippen molar-refractivity contribution in [3.8, 4) is 11.4 Å². The van der Waals surface area contributed by atoms with E-state index in [1.807, 2.05) is 47.0 Å². The number of hydrogen-bond donors (Lipinski definition) is 1. The van der Waals surface area contributed by atoms with E-state index in [1.54, 1.807) is 6.07 Å². The summed E-state index contributed by atoms with van der Waals surface area (Å²) in [6.45, 7) is 6.30. The molecule has 4 rings (SSSR count). The van der Waals surface area contributed by atoms with Gasteiger partial charge in [0.1, 0.15) is 5.75 Å². The molecular weight excluding hydrogens is 322 g/mol. The number of phenols is 1. The van der Waals surface area contributed by atoms with Crippen LogP contribution in [0.5, 0.6) is 5.75 Å². The SMILES string of the molecule is CC(C)(C)c1cc(C=O)c(O)c(-n2c3ccccc3c3ccccc32)c1. The summed E-state index contributed by atoms with van der Waals surface area (Å²) in [5.74, 6) is 0.0134. The molecule has 0 saturated heterocycles. The minimum atomic E-state index is -0.140. The fourth-order valence-electron chi connectivity index (χ4n) is 3.52. The summed E-state index contributed by atoms with van der Waals surface area (Å²) >= 11 is 0. The Morgan fingerprint density at radius 2 is 1.42 bits per heavy atom. The highest BCUT2D eigenvalue weighted by Crippen LogP contribution is 2.38. The highest BCUT2D eigenvalue weighted by atomic mass is 16.3. The molecule has 3 heteroatoms. The molecule has 1 N–H and O–H groups in total. The molecule has 0 fully saturated rings. The van der Waals surface area contributed by atoms with Crippen LogP contribution in [0.25, 0.3) is 27.5 Å². The fraction of sp³-hybridized carbons (Fsp3) is 0.174. The fourth-order valence-corrected chi connectivity index (χ4v) is 3.52. The first-order valence-electron chi connectivity index (χ1n) is 8.73. The number of benzene rings is 3. The van der Waals surface area contributed by atoms with Crippen molar-refractivity contribution in [1.82, 2.24) is 4.57 Å². The Balaban J connectivity index is 2.18. The third kappa shape index (κ3) is 2.39. The third-order valence-corrected chi connectivity index (χ3v) is 4.93. The molecule has 0 aliphatic carbocycles. The number of fused-ring (bicyclic) bond motifs is 3. The minimum Gasteiger partial charge on any atom is -0.505 e. The summed E-state index contributed by atoms with van der Waals surface area (Å²) in [4.78, 5) is 11.6. The van der Waals surface area contributed by atoms with Crippen molar-refractivity contribution in [2.45, 2.75) is 26.2 Å². The topological polar surface area (TPSA) is 42.2 Å². The molecule has 0 aliphatic rings. The summed E-state index contributed by atoms with van der Waals surface area (Å²) < 4.78 is 2.04. The van der Waals surface area contributed by atoms with Crippen LogP contribution in [-0.2, 0) is 5.41 Å². The maximum atomic E-state index is 11.6.